The molecule has 0 saturated heterocycles. The maximum atomic E-state index is 11.4. The van der Waals surface area contributed by atoms with E-state index in [1.165, 1.54) is 12.1 Å². The third-order valence-electron chi connectivity index (χ3n) is 1.70. The lowest BCUT2D eigenvalue weighted by molar-refractivity contribution is 0.0635. The van der Waals surface area contributed by atoms with Crippen molar-refractivity contribution < 1.29 is 14.6 Å². The number of rotatable bonds is 1. The van der Waals surface area contributed by atoms with Crippen molar-refractivity contribution in [1.82, 2.24) is 0 Å². The molecule has 0 aliphatic rings. The Labute approximate surface area is 94.2 Å². The lowest BCUT2D eigenvalue weighted by atomic mass is 10.2. The van der Waals surface area contributed by atoms with Crippen LogP contribution in [0.2, 0.25) is 0 Å². The van der Waals surface area contributed by atoms with Gasteiger partial charge in [-0.25, -0.2) is 4.79 Å². The Bertz CT molecular complexity index is 397. The van der Waals surface area contributed by atoms with E-state index in [4.69, 9.17) is 10.5 Å². The average Bonchev–Trinajstić information content (AvgIpc) is 2.09. The predicted molar refractivity (Wildman–Crippen MR) is 62.4 cm³/mol. The van der Waals surface area contributed by atoms with Crippen molar-refractivity contribution in [3.05, 3.63) is 18.2 Å². The first kappa shape index (κ1) is 12.2. The summed E-state index contributed by atoms with van der Waals surface area (Å²) in [7, 11) is 0. The van der Waals surface area contributed by atoms with Crippen molar-refractivity contribution in [3.8, 4) is 5.75 Å². The maximum Gasteiger partial charge on any atom is 0.412 e. The number of nitrogens with one attached hydrogen (secondary N) is 1. The Morgan fingerprint density at radius 3 is 2.62 bits per heavy atom. The number of hydrogen-bond acceptors (Lipinski definition) is 4. The second-order valence-corrected chi connectivity index (χ2v) is 4.37. The van der Waals surface area contributed by atoms with Gasteiger partial charge in [0.2, 0.25) is 0 Å². The van der Waals surface area contributed by atoms with E-state index in [9.17, 15) is 9.90 Å². The van der Waals surface area contributed by atoms with Crippen LogP contribution in [0.4, 0.5) is 16.2 Å². The molecule has 0 fully saturated rings. The summed E-state index contributed by atoms with van der Waals surface area (Å²) in [6.07, 6.45) is -0.631. The molecule has 0 atom stereocenters. The molecule has 0 heterocycles. The highest BCUT2D eigenvalue weighted by Gasteiger charge is 2.17. The van der Waals surface area contributed by atoms with Gasteiger partial charge >= 0.3 is 6.09 Å². The van der Waals surface area contributed by atoms with Crippen LogP contribution in [-0.2, 0) is 4.74 Å². The lowest BCUT2D eigenvalue weighted by Crippen LogP contribution is -2.27. The SMILES string of the molecule is CC(C)(C)OC(=O)Nc1cccc(N)c1O. The van der Waals surface area contributed by atoms with Gasteiger partial charge in [0, 0.05) is 0 Å². The second-order valence-electron chi connectivity index (χ2n) is 4.37. The van der Waals surface area contributed by atoms with Crippen LogP contribution < -0.4 is 11.1 Å². The smallest absolute Gasteiger partial charge is 0.412 e. The Hall–Kier alpha value is -1.91. The number of phenolic OH excluding ortho intramolecular Hbond substituents is 1. The summed E-state index contributed by atoms with van der Waals surface area (Å²) in [4.78, 5) is 11.4. The molecular formula is C11H16N2O3. The molecule has 5 heteroatoms. The molecule has 0 saturated carbocycles. The van der Waals surface area contributed by atoms with Gasteiger partial charge in [-0.2, -0.15) is 0 Å². The topological polar surface area (TPSA) is 84.6 Å². The Balaban J connectivity index is 2.74. The van der Waals surface area contributed by atoms with E-state index in [1.807, 2.05) is 0 Å². The molecule has 1 amide bonds. The van der Waals surface area contributed by atoms with Crippen LogP contribution >= 0.6 is 0 Å². The van der Waals surface area contributed by atoms with Crippen molar-refractivity contribution in [2.75, 3.05) is 11.1 Å². The number of amides is 1. The summed E-state index contributed by atoms with van der Waals surface area (Å²) in [5.41, 5.74) is 5.33. The molecule has 0 bridgehead atoms. The summed E-state index contributed by atoms with van der Waals surface area (Å²) in [6, 6.07) is 4.70. The monoisotopic (exact) mass is 224 g/mol. The van der Waals surface area contributed by atoms with E-state index < -0.39 is 11.7 Å². The van der Waals surface area contributed by atoms with Gasteiger partial charge in [-0.3, -0.25) is 5.32 Å². The fourth-order valence-electron chi connectivity index (χ4n) is 1.08. The molecule has 0 aliphatic heterocycles. The fraction of sp³-hybridized carbons (Fsp3) is 0.364. The molecule has 0 aliphatic carbocycles. The number of carbonyl (C=O) groups excluding carboxylic acids is 1. The zero-order valence-electron chi connectivity index (χ0n) is 9.57. The molecule has 88 valence electrons. The number of hydrogen-bond donors (Lipinski definition) is 3. The number of nitrogens with two attached hydrogens (primary N) is 1. The molecule has 16 heavy (non-hydrogen) atoms. The highest BCUT2D eigenvalue weighted by Crippen LogP contribution is 2.29. The number of nitrogen functional groups attached to an aromatic ring is 1. The summed E-state index contributed by atoms with van der Waals surface area (Å²) in [5.74, 6) is -0.159. The van der Waals surface area contributed by atoms with Gasteiger partial charge in [0.05, 0.1) is 11.4 Å². The largest absolute Gasteiger partial charge is 0.504 e. The summed E-state index contributed by atoms with van der Waals surface area (Å²) in [5, 5.41) is 12.0. The van der Waals surface area contributed by atoms with Gasteiger partial charge in [0.1, 0.15) is 5.60 Å². The predicted octanol–water partition coefficient (Wildman–Crippen LogP) is 2.32. The molecule has 0 radical (unpaired) electrons. The van der Waals surface area contributed by atoms with Gasteiger partial charge in [-0.1, -0.05) is 6.07 Å². The van der Waals surface area contributed by atoms with Crippen LogP contribution in [0.1, 0.15) is 20.8 Å². The van der Waals surface area contributed by atoms with E-state index in [2.05, 4.69) is 5.32 Å². The molecule has 1 aromatic carbocycles. The van der Waals surface area contributed by atoms with Crippen LogP contribution in [0.3, 0.4) is 0 Å². The van der Waals surface area contributed by atoms with E-state index in [-0.39, 0.29) is 17.1 Å². The quantitative estimate of drug-likeness (QED) is 0.505. The molecular weight excluding hydrogens is 208 g/mol. The van der Waals surface area contributed by atoms with E-state index in [0.29, 0.717) is 0 Å². The average molecular weight is 224 g/mol. The van der Waals surface area contributed by atoms with Crippen molar-refractivity contribution in [3.63, 3.8) is 0 Å². The minimum Gasteiger partial charge on any atom is -0.504 e. The van der Waals surface area contributed by atoms with Crippen molar-refractivity contribution >= 4 is 17.5 Å². The van der Waals surface area contributed by atoms with Gasteiger partial charge < -0.3 is 15.6 Å². The van der Waals surface area contributed by atoms with Crippen molar-refractivity contribution in [2.24, 2.45) is 0 Å². The first-order valence-corrected chi connectivity index (χ1v) is 4.87. The van der Waals surface area contributed by atoms with Crippen LogP contribution in [0.5, 0.6) is 5.75 Å². The summed E-state index contributed by atoms with van der Waals surface area (Å²) < 4.78 is 5.03. The number of benzene rings is 1. The third-order valence-corrected chi connectivity index (χ3v) is 1.70. The van der Waals surface area contributed by atoms with Gasteiger partial charge in [0.15, 0.2) is 5.75 Å². The molecule has 0 aromatic heterocycles. The molecule has 1 rings (SSSR count). The molecule has 0 unspecified atom stereocenters. The Morgan fingerprint density at radius 2 is 2.06 bits per heavy atom. The number of phenols is 1. The first-order chi connectivity index (χ1) is 7.29. The number of anilines is 2. The zero-order valence-corrected chi connectivity index (χ0v) is 9.57. The standard InChI is InChI=1S/C11H16N2O3/c1-11(2,3)16-10(15)13-8-6-4-5-7(12)9(8)14/h4-6,14H,12H2,1-3H3,(H,13,15). The molecule has 5 nitrogen and oxygen atoms in total. The second kappa shape index (κ2) is 4.30. The molecule has 1 aromatic rings. The van der Waals surface area contributed by atoms with Crippen molar-refractivity contribution in [2.45, 2.75) is 26.4 Å². The highest BCUT2D eigenvalue weighted by atomic mass is 16.6. The van der Waals surface area contributed by atoms with Crippen LogP contribution in [-0.4, -0.2) is 16.8 Å². The van der Waals surface area contributed by atoms with Crippen LogP contribution in [0.15, 0.2) is 18.2 Å². The van der Waals surface area contributed by atoms with E-state index >= 15 is 0 Å². The van der Waals surface area contributed by atoms with Gasteiger partial charge in [-0.15, -0.1) is 0 Å². The Morgan fingerprint density at radius 1 is 1.44 bits per heavy atom. The number of aromatic hydroxyl groups is 1. The van der Waals surface area contributed by atoms with Gasteiger partial charge in [0.25, 0.3) is 0 Å². The first-order valence-electron chi connectivity index (χ1n) is 4.87. The fourth-order valence-corrected chi connectivity index (χ4v) is 1.08. The number of ether oxygens (including phenoxy) is 1. The van der Waals surface area contributed by atoms with Crippen LogP contribution in [0, 0.1) is 0 Å². The van der Waals surface area contributed by atoms with Crippen LogP contribution in [0.25, 0.3) is 0 Å². The minimum atomic E-state index is -0.631. The molecule has 0 spiro atoms. The van der Waals surface area contributed by atoms with E-state index in [1.54, 1.807) is 26.8 Å². The summed E-state index contributed by atoms with van der Waals surface area (Å²) in [6.45, 7) is 5.27. The Kier molecular flexibility index (Phi) is 3.27. The minimum absolute atomic E-state index is 0.159. The van der Waals surface area contributed by atoms with Crippen molar-refractivity contribution in [1.29, 1.82) is 0 Å². The lowest BCUT2D eigenvalue weighted by Gasteiger charge is -2.20. The highest BCUT2D eigenvalue weighted by molar-refractivity contribution is 5.88. The zero-order chi connectivity index (χ0) is 12.3. The number of carbonyl (C=O) groups is 1. The third kappa shape index (κ3) is 3.34. The normalized spacial score (nSPS) is 10.9. The summed E-state index contributed by atoms with van der Waals surface area (Å²) >= 11 is 0. The number of para-hydroxylation sites is 1. The maximum absolute atomic E-state index is 11.4. The van der Waals surface area contributed by atoms with E-state index in [0.717, 1.165) is 0 Å². The molecule has 4 N–H and O–H groups in total. The van der Waals surface area contributed by atoms with Gasteiger partial charge in [-0.05, 0) is 32.9 Å².